The highest BCUT2D eigenvalue weighted by molar-refractivity contribution is 8.01. The Balaban J connectivity index is 0.0000000908. The molecule has 0 aromatic heterocycles. The smallest absolute Gasteiger partial charge is 0.0630 e. The summed E-state index contributed by atoms with van der Waals surface area (Å²) in [7, 11) is 10.9. The van der Waals surface area contributed by atoms with Crippen LogP contribution in [0.2, 0.25) is 0 Å². The van der Waals surface area contributed by atoms with Crippen molar-refractivity contribution in [3.05, 3.63) is 352 Å². The molecule has 0 N–H and O–H groups in total. The zero-order valence-electron chi connectivity index (χ0n) is 61.8. The molecule has 532 valence electrons. The van der Waals surface area contributed by atoms with E-state index in [0.717, 1.165) is 0 Å². The van der Waals surface area contributed by atoms with Crippen molar-refractivity contribution < 1.29 is 0 Å². The van der Waals surface area contributed by atoms with Crippen LogP contribution in [0.15, 0.2) is 401 Å². The number of hydrogen-bond acceptors (Lipinski definition) is 10. The number of nitrogens with zero attached hydrogens (tertiary/aromatic N) is 5. The minimum absolute atomic E-state index is 1.29. The summed E-state index contributed by atoms with van der Waals surface area (Å²) in [5.74, 6) is 0. The van der Waals surface area contributed by atoms with Gasteiger partial charge in [0.05, 0.1) is 56.9 Å². The molecule has 5 aliphatic heterocycles. The monoisotopic (exact) mass is 1520 g/mol. The van der Waals surface area contributed by atoms with Crippen molar-refractivity contribution in [3.8, 4) is 0 Å². The van der Waals surface area contributed by atoms with Gasteiger partial charge in [-0.2, -0.15) is 0 Å². The van der Waals surface area contributed by atoms with E-state index >= 15 is 0 Å². The van der Waals surface area contributed by atoms with E-state index in [1.807, 2.05) is 58.8 Å². The van der Waals surface area contributed by atoms with E-state index < -0.39 is 0 Å². The van der Waals surface area contributed by atoms with E-state index in [9.17, 15) is 0 Å². The molecule has 10 heteroatoms. The van der Waals surface area contributed by atoms with Gasteiger partial charge >= 0.3 is 0 Å². The van der Waals surface area contributed by atoms with Crippen LogP contribution in [-0.2, 0) is 0 Å². The Morgan fingerprint density at radius 1 is 0.153 bits per heavy atom. The van der Waals surface area contributed by atoms with Gasteiger partial charge in [0.2, 0.25) is 0 Å². The van der Waals surface area contributed by atoms with E-state index in [4.69, 9.17) is 0 Å². The first-order valence-electron chi connectivity index (χ1n) is 37.5. The van der Waals surface area contributed by atoms with Crippen molar-refractivity contribution in [3.63, 3.8) is 0 Å². The molecule has 19 aromatic carbocycles. The molecular formula is C101H73N5S5. The Morgan fingerprint density at radius 2 is 0.396 bits per heavy atom. The normalized spacial score (nSPS) is 13.2. The van der Waals surface area contributed by atoms with Crippen LogP contribution in [0.25, 0.3) is 97.0 Å². The second-order valence-electron chi connectivity index (χ2n) is 28.5. The van der Waals surface area contributed by atoms with Crippen LogP contribution in [-0.4, -0.2) is 35.2 Å². The number of hydrogen-bond donors (Lipinski definition) is 0. The first-order chi connectivity index (χ1) is 54.6. The van der Waals surface area contributed by atoms with Crippen LogP contribution in [0, 0.1) is 0 Å². The summed E-state index contributed by atoms with van der Waals surface area (Å²) in [6.07, 6.45) is 0. The van der Waals surface area contributed by atoms with Crippen LogP contribution in [0.5, 0.6) is 0 Å². The summed E-state index contributed by atoms with van der Waals surface area (Å²) in [6, 6.07) is 127. The quantitative estimate of drug-likeness (QED) is 0.145. The average Bonchev–Trinajstić information content (AvgIpc) is 0.744. The highest BCUT2D eigenvalue weighted by Crippen LogP contribution is 2.57. The fraction of sp³-hybridized carbons (Fsp3) is 0.0495. The molecule has 5 nitrogen and oxygen atoms in total. The van der Waals surface area contributed by atoms with Crippen molar-refractivity contribution in [2.45, 2.75) is 49.0 Å². The van der Waals surface area contributed by atoms with Crippen LogP contribution in [0.1, 0.15) is 0 Å². The van der Waals surface area contributed by atoms with Gasteiger partial charge in [0.25, 0.3) is 0 Å². The fourth-order valence-corrected chi connectivity index (χ4v) is 22.9. The molecule has 0 fully saturated rings. The SMILES string of the molecule is CN1c2c(ccc3ccccc23)Sc2ccc3ccccc3c21.CN1c2cc3ccccc3cc2Sc2c1ccc1ccccc21.CN1c2cc3ccccc3cc2Sc2ccc3ccccc3c21.CN1c2ccc3ccccc3c2Sc2ccc3ccccc3c21.CN1c2ccccc2Sc2c1ccc1ccccc21. The van der Waals surface area contributed by atoms with Crippen molar-refractivity contribution in [2.24, 2.45) is 0 Å². The first kappa shape index (κ1) is 68.5. The molecule has 111 heavy (non-hydrogen) atoms. The third-order valence-corrected chi connectivity index (χ3v) is 27.9. The van der Waals surface area contributed by atoms with Crippen LogP contribution >= 0.6 is 58.8 Å². The van der Waals surface area contributed by atoms with Crippen LogP contribution < -0.4 is 24.5 Å². The number of fused-ring (bicyclic) bond motifs is 26. The van der Waals surface area contributed by atoms with E-state index in [1.165, 1.54) is 203 Å². The van der Waals surface area contributed by atoms with Gasteiger partial charge in [-0.25, -0.2) is 0 Å². The Labute approximate surface area is 667 Å². The standard InChI is InChI=1S/4C21H15NS.C17H13NS/c1-22-18-12-10-15-7-3-5-9-17(15)21(18)23-19-13-11-14-6-2-4-8-16(14)20(19)22;1-22-20-16-8-4-2-6-14(16)10-12-18(20)23-19-13-11-15-7-3-5-9-17(15)21(19)22;1-22-18-12-15-7-2-3-8-16(15)13-20(18)23-19-11-10-14-6-4-5-9-17(14)21(19)22;1-22-18-11-10-14-6-4-5-9-17(14)21(18)23-20-13-16-8-3-2-7-15(16)12-19(20)22;1-18-14-8-4-5-9-16(14)19-17-13-7-3-2-6-12(13)10-11-15(17)18/h4*2-13H,1H3;2-11H,1H3. The zero-order chi connectivity index (χ0) is 74.4. The van der Waals surface area contributed by atoms with Crippen molar-refractivity contribution in [1.29, 1.82) is 0 Å². The molecule has 24 rings (SSSR count). The lowest BCUT2D eigenvalue weighted by molar-refractivity contribution is 1.12. The Bertz CT molecular complexity index is 6760. The van der Waals surface area contributed by atoms with Gasteiger partial charge in [-0.3, -0.25) is 0 Å². The predicted molar refractivity (Wildman–Crippen MR) is 483 cm³/mol. The molecule has 0 amide bonds. The Morgan fingerprint density at radius 3 is 0.802 bits per heavy atom. The van der Waals surface area contributed by atoms with E-state index in [2.05, 4.69) is 412 Å². The third kappa shape index (κ3) is 12.2. The second kappa shape index (κ2) is 28.6. The number of benzene rings is 19. The molecular weight excluding hydrogens is 1440 g/mol. The van der Waals surface area contributed by atoms with Crippen molar-refractivity contribution >= 4 is 213 Å². The molecule has 5 aliphatic rings. The largest absolute Gasteiger partial charge is 0.343 e. The van der Waals surface area contributed by atoms with Gasteiger partial charge in [0, 0.05) is 106 Å². The summed E-state index contributed by atoms with van der Waals surface area (Å²) >= 11 is 9.40. The predicted octanol–water partition coefficient (Wildman–Crippen LogP) is 30.0. The third-order valence-electron chi connectivity index (χ3n) is 22.1. The molecule has 0 saturated carbocycles. The average molecular weight is 1520 g/mol. The lowest BCUT2D eigenvalue weighted by Crippen LogP contribution is -2.15. The Kier molecular flexibility index (Phi) is 17.7. The van der Waals surface area contributed by atoms with Crippen molar-refractivity contribution in [1.82, 2.24) is 0 Å². The highest BCUT2D eigenvalue weighted by atomic mass is 32.2. The van der Waals surface area contributed by atoms with Crippen LogP contribution in [0.4, 0.5) is 56.9 Å². The van der Waals surface area contributed by atoms with E-state index in [-0.39, 0.29) is 0 Å². The molecule has 0 saturated heterocycles. The summed E-state index contributed by atoms with van der Waals surface area (Å²) in [5, 5.41) is 23.6. The molecule has 0 spiro atoms. The topological polar surface area (TPSA) is 16.2 Å². The number of para-hydroxylation sites is 1. The molecule has 0 unspecified atom stereocenters. The minimum atomic E-state index is 1.29. The maximum absolute atomic E-state index is 2.37. The molecule has 0 radical (unpaired) electrons. The summed E-state index contributed by atoms with van der Waals surface area (Å²) in [6.45, 7) is 0. The second-order valence-corrected chi connectivity index (χ2v) is 33.9. The minimum Gasteiger partial charge on any atom is -0.343 e. The maximum atomic E-state index is 2.37. The number of anilines is 10. The van der Waals surface area contributed by atoms with Crippen molar-refractivity contribution in [2.75, 3.05) is 59.7 Å². The zero-order valence-corrected chi connectivity index (χ0v) is 65.8. The fourth-order valence-electron chi connectivity index (χ4n) is 16.6. The van der Waals surface area contributed by atoms with Gasteiger partial charge in [0.1, 0.15) is 0 Å². The van der Waals surface area contributed by atoms with E-state index in [0.29, 0.717) is 0 Å². The molecule has 0 aliphatic carbocycles. The summed E-state index contributed by atoms with van der Waals surface area (Å²) < 4.78 is 0. The van der Waals surface area contributed by atoms with Crippen LogP contribution in [0.3, 0.4) is 0 Å². The molecule has 0 atom stereocenters. The first-order valence-corrected chi connectivity index (χ1v) is 41.6. The molecule has 0 bridgehead atoms. The number of rotatable bonds is 0. The lowest BCUT2D eigenvalue weighted by Gasteiger charge is -2.32. The molecule has 19 aromatic rings. The van der Waals surface area contributed by atoms with Gasteiger partial charge in [-0.15, -0.1) is 0 Å². The van der Waals surface area contributed by atoms with Gasteiger partial charge in [-0.05, 0) is 154 Å². The maximum Gasteiger partial charge on any atom is 0.0630 e. The summed E-state index contributed by atoms with van der Waals surface area (Å²) in [4.78, 5) is 25.0. The summed E-state index contributed by atoms with van der Waals surface area (Å²) in [5.41, 5.74) is 13.0. The van der Waals surface area contributed by atoms with E-state index in [1.54, 1.807) is 0 Å². The highest BCUT2D eigenvalue weighted by Gasteiger charge is 2.29. The van der Waals surface area contributed by atoms with Gasteiger partial charge in [-0.1, -0.05) is 332 Å². The Hall–Kier alpha value is -11.7. The molecule has 5 heterocycles. The van der Waals surface area contributed by atoms with Gasteiger partial charge < -0.3 is 24.5 Å². The van der Waals surface area contributed by atoms with Gasteiger partial charge in [0.15, 0.2) is 0 Å². The lowest BCUT2D eigenvalue weighted by atomic mass is 10.0.